The zero-order valence-corrected chi connectivity index (χ0v) is 14.2. The van der Waals surface area contributed by atoms with Gasteiger partial charge in [0.1, 0.15) is 0 Å². The van der Waals surface area contributed by atoms with Gasteiger partial charge in [-0.15, -0.1) is 0 Å². The van der Waals surface area contributed by atoms with Crippen LogP contribution in [0.2, 0.25) is 0 Å². The molecule has 0 unspecified atom stereocenters. The zero-order valence-electron chi connectivity index (χ0n) is 12.6. The van der Waals surface area contributed by atoms with Gasteiger partial charge in [-0.25, -0.2) is 4.79 Å². The zero-order chi connectivity index (χ0) is 15.4. The molecule has 1 N–H and O–H groups in total. The van der Waals surface area contributed by atoms with E-state index in [0.29, 0.717) is 32.2 Å². The van der Waals surface area contributed by atoms with E-state index < -0.39 is 0 Å². The van der Waals surface area contributed by atoms with Crippen LogP contribution in [0.5, 0.6) is 0 Å². The topological polar surface area (TPSA) is 44.8 Å². The van der Waals surface area contributed by atoms with Crippen LogP contribution in [0.25, 0.3) is 0 Å². The van der Waals surface area contributed by atoms with Crippen molar-refractivity contribution in [1.82, 2.24) is 10.2 Å². The molecule has 0 aromatic heterocycles. The maximum atomic E-state index is 12.1. The highest BCUT2D eigenvalue weighted by Crippen LogP contribution is 2.25. The van der Waals surface area contributed by atoms with E-state index in [2.05, 4.69) is 44.3 Å². The Kier molecular flexibility index (Phi) is 5.20. The number of halogens is 1. The van der Waals surface area contributed by atoms with Crippen LogP contribution in [0.15, 0.2) is 28.7 Å². The summed E-state index contributed by atoms with van der Waals surface area (Å²) in [7, 11) is 0. The van der Waals surface area contributed by atoms with Gasteiger partial charge in [-0.3, -0.25) is 0 Å². The lowest BCUT2D eigenvalue weighted by Crippen LogP contribution is -2.47. The smallest absolute Gasteiger partial charge is 0.317 e. The summed E-state index contributed by atoms with van der Waals surface area (Å²) in [6.45, 7) is 5.48. The summed E-state index contributed by atoms with van der Waals surface area (Å²) in [5.74, 6) is 0.518. The molecule has 120 valence electrons. The first-order chi connectivity index (χ1) is 10.7. The summed E-state index contributed by atoms with van der Waals surface area (Å²) >= 11 is 3.52. The van der Waals surface area contributed by atoms with Gasteiger partial charge in [0.25, 0.3) is 0 Å². The minimum atomic E-state index is 0.0456. The maximum Gasteiger partial charge on any atom is 0.317 e. The van der Waals surface area contributed by atoms with Gasteiger partial charge < -0.3 is 19.9 Å². The second-order valence-electron chi connectivity index (χ2n) is 5.87. The Morgan fingerprint density at radius 3 is 2.91 bits per heavy atom. The average Bonchev–Trinajstić information content (AvgIpc) is 3.02. The molecule has 3 rings (SSSR count). The first-order valence-electron chi connectivity index (χ1n) is 7.83. The summed E-state index contributed by atoms with van der Waals surface area (Å²) < 4.78 is 6.37. The highest BCUT2D eigenvalue weighted by molar-refractivity contribution is 9.10. The minimum absolute atomic E-state index is 0.0456. The van der Waals surface area contributed by atoms with Crippen LogP contribution < -0.4 is 10.2 Å². The second-order valence-corrected chi connectivity index (χ2v) is 6.78. The van der Waals surface area contributed by atoms with Crippen molar-refractivity contribution in [2.45, 2.75) is 6.42 Å². The number of anilines is 1. The summed E-state index contributed by atoms with van der Waals surface area (Å²) in [5.41, 5.74) is 1.25. The van der Waals surface area contributed by atoms with Crippen LogP contribution in [0.1, 0.15) is 6.42 Å². The normalized spacial score (nSPS) is 22.0. The fourth-order valence-electron chi connectivity index (χ4n) is 3.02. The van der Waals surface area contributed by atoms with Crippen LogP contribution in [0.3, 0.4) is 0 Å². The van der Waals surface area contributed by atoms with E-state index in [1.54, 1.807) is 0 Å². The maximum absolute atomic E-state index is 12.1. The number of nitrogens with zero attached hydrogens (tertiary/aromatic N) is 2. The Labute approximate surface area is 139 Å². The van der Waals surface area contributed by atoms with Crippen molar-refractivity contribution in [1.29, 1.82) is 0 Å². The Hall–Kier alpha value is -1.27. The molecular weight excluding hydrogens is 346 g/mol. The van der Waals surface area contributed by atoms with E-state index in [1.807, 2.05) is 11.0 Å². The number of nitrogens with one attached hydrogen (secondary N) is 1. The Bertz CT molecular complexity index is 520. The van der Waals surface area contributed by atoms with Crippen molar-refractivity contribution < 1.29 is 9.53 Å². The van der Waals surface area contributed by atoms with Crippen LogP contribution in [0.4, 0.5) is 10.5 Å². The lowest BCUT2D eigenvalue weighted by atomic mass is 10.1. The summed E-state index contributed by atoms with van der Waals surface area (Å²) in [5, 5.41) is 3.07. The third kappa shape index (κ3) is 3.93. The SMILES string of the molecule is O=C(NC[C@H]1CCN(c2cccc(Br)c2)C1)N1CCOCC1. The van der Waals surface area contributed by atoms with E-state index in [1.165, 1.54) is 5.69 Å². The van der Waals surface area contributed by atoms with Gasteiger partial charge in [0.2, 0.25) is 0 Å². The number of carbonyl (C=O) groups excluding carboxylic acids is 1. The van der Waals surface area contributed by atoms with Crippen molar-refractivity contribution in [3.05, 3.63) is 28.7 Å². The highest BCUT2D eigenvalue weighted by atomic mass is 79.9. The van der Waals surface area contributed by atoms with E-state index >= 15 is 0 Å². The molecule has 0 saturated carbocycles. The van der Waals surface area contributed by atoms with Crippen LogP contribution in [-0.2, 0) is 4.74 Å². The van der Waals surface area contributed by atoms with Gasteiger partial charge in [-0.2, -0.15) is 0 Å². The number of benzene rings is 1. The number of morpholine rings is 1. The molecule has 6 heteroatoms. The molecule has 1 aromatic rings. The lowest BCUT2D eigenvalue weighted by molar-refractivity contribution is 0.0530. The third-order valence-corrected chi connectivity index (χ3v) is 4.79. The predicted molar refractivity (Wildman–Crippen MR) is 90.3 cm³/mol. The van der Waals surface area contributed by atoms with Crippen LogP contribution >= 0.6 is 15.9 Å². The number of urea groups is 1. The van der Waals surface area contributed by atoms with Crippen LogP contribution in [-0.4, -0.2) is 56.9 Å². The molecule has 1 atom stereocenters. The average molecular weight is 368 g/mol. The van der Waals surface area contributed by atoms with Crippen molar-refractivity contribution in [3.63, 3.8) is 0 Å². The predicted octanol–water partition coefficient (Wildman–Crippen LogP) is 2.32. The van der Waals surface area contributed by atoms with Gasteiger partial charge in [0.15, 0.2) is 0 Å². The fraction of sp³-hybridized carbons (Fsp3) is 0.562. The molecule has 2 amide bonds. The summed E-state index contributed by atoms with van der Waals surface area (Å²) in [6.07, 6.45) is 1.12. The molecule has 5 nitrogen and oxygen atoms in total. The number of carbonyl (C=O) groups is 1. The molecule has 0 radical (unpaired) electrons. The summed E-state index contributed by atoms with van der Waals surface area (Å²) in [4.78, 5) is 16.3. The largest absolute Gasteiger partial charge is 0.378 e. The Morgan fingerprint density at radius 2 is 2.14 bits per heavy atom. The first-order valence-corrected chi connectivity index (χ1v) is 8.63. The number of hydrogen-bond donors (Lipinski definition) is 1. The molecule has 2 aliphatic heterocycles. The molecule has 0 bridgehead atoms. The standard InChI is InChI=1S/C16H22BrN3O2/c17-14-2-1-3-15(10-14)20-5-4-13(12-20)11-18-16(21)19-6-8-22-9-7-19/h1-3,10,13H,4-9,11-12H2,(H,18,21)/t13-/m1/s1. The molecule has 0 aliphatic carbocycles. The van der Waals surface area contributed by atoms with E-state index in [0.717, 1.165) is 30.5 Å². The quantitative estimate of drug-likeness (QED) is 0.891. The fourth-order valence-corrected chi connectivity index (χ4v) is 3.40. The van der Waals surface area contributed by atoms with Crippen molar-refractivity contribution in [2.24, 2.45) is 5.92 Å². The van der Waals surface area contributed by atoms with E-state index in [9.17, 15) is 4.79 Å². The molecule has 2 fully saturated rings. The summed E-state index contributed by atoms with van der Waals surface area (Å²) in [6, 6.07) is 8.44. The third-order valence-electron chi connectivity index (χ3n) is 4.30. The van der Waals surface area contributed by atoms with Gasteiger partial charge in [0, 0.05) is 42.9 Å². The number of amides is 2. The number of rotatable bonds is 3. The van der Waals surface area contributed by atoms with E-state index in [-0.39, 0.29) is 6.03 Å². The highest BCUT2D eigenvalue weighted by Gasteiger charge is 2.24. The molecule has 0 spiro atoms. The van der Waals surface area contributed by atoms with E-state index in [4.69, 9.17) is 4.74 Å². The van der Waals surface area contributed by atoms with Crippen LogP contribution in [0, 0.1) is 5.92 Å². The monoisotopic (exact) mass is 367 g/mol. The van der Waals surface area contributed by atoms with Crippen molar-refractivity contribution >= 4 is 27.6 Å². The molecule has 22 heavy (non-hydrogen) atoms. The second kappa shape index (κ2) is 7.33. The molecule has 2 aliphatic rings. The Balaban J connectivity index is 1.46. The molecule has 1 aromatic carbocycles. The minimum Gasteiger partial charge on any atom is -0.378 e. The first kappa shape index (κ1) is 15.6. The molecular formula is C16H22BrN3O2. The number of hydrogen-bond acceptors (Lipinski definition) is 3. The van der Waals surface area contributed by atoms with Crippen molar-refractivity contribution in [3.8, 4) is 0 Å². The van der Waals surface area contributed by atoms with Gasteiger partial charge in [0.05, 0.1) is 13.2 Å². The Morgan fingerprint density at radius 1 is 1.32 bits per heavy atom. The van der Waals surface area contributed by atoms with Gasteiger partial charge >= 0.3 is 6.03 Å². The van der Waals surface area contributed by atoms with Crippen molar-refractivity contribution in [2.75, 3.05) is 50.8 Å². The number of ether oxygens (including phenoxy) is 1. The molecule has 2 heterocycles. The van der Waals surface area contributed by atoms with Gasteiger partial charge in [-0.05, 0) is 30.5 Å². The van der Waals surface area contributed by atoms with Gasteiger partial charge in [-0.1, -0.05) is 22.0 Å². The lowest BCUT2D eigenvalue weighted by Gasteiger charge is -2.27. The molecule has 2 saturated heterocycles.